The van der Waals surface area contributed by atoms with Crippen molar-refractivity contribution in [2.75, 3.05) is 13.7 Å². The number of methoxy groups -OCH3 is 1. The molecule has 1 aromatic carbocycles. The lowest BCUT2D eigenvalue weighted by molar-refractivity contribution is -0.125. The van der Waals surface area contributed by atoms with E-state index in [4.69, 9.17) is 4.74 Å². The number of aromatic hydroxyl groups is 1. The number of ether oxygens (including phenoxy) is 1. The highest BCUT2D eigenvalue weighted by Crippen LogP contribution is 2.26. The third-order valence-corrected chi connectivity index (χ3v) is 4.22. The normalized spacial score (nSPS) is 11.5. The van der Waals surface area contributed by atoms with E-state index in [1.807, 2.05) is 11.4 Å². The monoisotopic (exact) mass is 334 g/mol. The molecule has 0 spiro atoms. The Bertz CT molecular complexity index is 658. The van der Waals surface area contributed by atoms with Crippen LogP contribution in [0.1, 0.15) is 16.5 Å². The summed E-state index contributed by atoms with van der Waals surface area (Å²) in [5, 5.41) is 16.7. The fraction of sp³-hybridized carbons (Fsp3) is 0.250. The second-order valence-corrected chi connectivity index (χ2v) is 5.76. The van der Waals surface area contributed by atoms with Crippen LogP contribution in [0.5, 0.6) is 11.5 Å². The molecule has 0 saturated carbocycles. The topological polar surface area (TPSA) is 87.7 Å². The highest BCUT2D eigenvalue weighted by atomic mass is 32.1. The van der Waals surface area contributed by atoms with Crippen LogP contribution < -0.4 is 15.4 Å². The standard InChI is InChI=1S/C16H18N2O4S/c1-22-13-9-11(4-5-12(13)20)6-7-17-16(21)15(18-10-19)14-3-2-8-23-14/h2-5,8-10,15,20H,6-7H2,1H3,(H,17,21)(H,18,19). The van der Waals surface area contributed by atoms with Gasteiger partial charge < -0.3 is 20.5 Å². The molecule has 6 nitrogen and oxygen atoms in total. The zero-order valence-electron chi connectivity index (χ0n) is 12.6. The van der Waals surface area contributed by atoms with E-state index in [0.29, 0.717) is 25.1 Å². The lowest BCUT2D eigenvalue weighted by Crippen LogP contribution is -2.37. The maximum absolute atomic E-state index is 12.2. The molecule has 0 fully saturated rings. The number of amides is 2. The van der Waals surface area contributed by atoms with Gasteiger partial charge in [0.2, 0.25) is 12.3 Å². The molecule has 2 rings (SSSR count). The minimum atomic E-state index is -0.679. The van der Waals surface area contributed by atoms with Crippen molar-refractivity contribution in [1.29, 1.82) is 0 Å². The molecule has 0 bridgehead atoms. The maximum Gasteiger partial charge on any atom is 0.248 e. The molecular weight excluding hydrogens is 316 g/mol. The van der Waals surface area contributed by atoms with Crippen molar-refractivity contribution in [3.63, 3.8) is 0 Å². The van der Waals surface area contributed by atoms with Crippen LogP contribution in [-0.2, 0) is 16.0 Å². The van der Waals surface area contributed by atoms with E-state index in [-0.39, 0.29) is 11.7 Å². The minimum absolute atomic E-state index is 0.0771. The molecule has 2 aromatic rings. The molecule has 7 heteroatoms. The summed E-state index contributed by atoms with van der Waals surface area (Å²) < 4.78 is 5.05. The van der Waals surface area contributed by atoms with Gasteiger partial charge in [-0.25, -0.2) is 0 Å². The van der Waals surface area contributed by atoms with Gasteiger partial charge in [0.1, 0.15) is 6.04 Å². The number of carbonyl (C=O) groups excluding carboxylic acids is 2. The van der Waals surface area contributed by atoms with E-state index in [1.54, 1.807) is 24.3 Å². The van der Waals surface area contributed by atoms with Crippen LogP contribution in [0.4, 0.5) is 0 Å². The molecule has 122 valence electrons. The molecule has 1 aromatic heterocycles. The van der Waals surface area contributed by atoms with Crippen LogP contribution in [0.3, 0.4) is 0 Å². The first-order valence-corrected chi connectivity index (χ1v) is 7.90. The second-order valence-electron chi connectivity index (χ2n) is 4.78. The largest absolute Gasteiger partial charge is 0.504 e. The van der Waals surface area contributed by atoms with Gasteiger partial charge in [-0.2, -0.15) is 0 Å². The van der Waals surface area contributed by atoms with Crippen molar-refractivity contribution in [2.24, 2.45) is 0 Å². The highest BCUT2D eigenvalue weighted by Gasteiger charge is 2.20. The van der Waals surface area contributed by atoms with Gasteiger partial charge in [0, 0.05) is 11.4 Å². The van der Waals surface area contributed by atoms with Crippen LogP contribution in [0.25, 0.3) is 0 Å². The number of hydrogen-bond acceptors (Lipinski definition) is 5. The van der Waals surface area contributed by atoms with Crippen LogP contribution in [0.2, 0.25) is 0 Å². The quantitative estimate of drug-likeness (QED) is 0.640. The Balaban J connectivity index is 1.92. The number of thiophene rings is 1. The zero-order chi connectivity index (χ0) is 16.7. The van der Waals surface area contributed by atoms with Gasteiger partial charge in [-0.15, -0.1) is 11.3 Å². The van der Waals surface area contributed by atoms with Gasteiger partial charge in [-0.05, 0) is 35.6 Å². The van der Waals surface area contributed by atoms with Crippen molar-refractivity contribution in [3.05, 3.63) is 46.2 Å². The van der Waals surface area contributed by atoms with Gasteiger partial charge in [0.25, 0.3) is 0 Å². The average Bonchev–Trinajstić information content (AvgIpc) is 3.08. The van der Waals surface area contributed by atoms with E-state index in [1.165, 1.54) is 18.4 Å². The third kappa shape index (κ3) is 4.46. The first kappa shape index (κ1) is 16.8. The minimum Gasteiger partial charge on any atom is -0.504 e. The molecule has 3 N–H and O–H groups in total. The van der Waals surface area contributed by atoms with Gasteiger partial charge in [0.15, 0.2) is 11.5 Å². The number of benzene rings is 1. The van der Waals surface area contributed by atoms with Crippen LogP contribution >= 0.6 is 11.3 Å². The summed E-state index contributed by atoms with van der Waals surface area (Å²) in [7, 11) is 1.48. The first-order valence-electron chi connectivity index (χ1n) is 7.02. The summed E-state index contributed by atoms with van der Waals surface area (Å²) in [6.07, 6.45) is 1.11. The first-order chi connectivity index (χ1) is 11.2. The molecule has 23 heavy (non-hydrogen) atoms. The summed E-state index contributed by atoms with van der Waals surface area (Å²) in [5.41, 5.74) is 0.927. The van der Waals surface area contributed by atoms with E-state index < -0.39 is 6.04 Å². The Kier molecular flexibility index (Phi) is 5.99. The molecule has 1 heterocycles. The molecule has 1 unspecified atom stereocenters. The Morgan fingerprint density at radius 2 is 2.26 bits per heavy atom. The molecular formula is C16H18N2O4S. The Morgan fingerprint density at radius 3 is 2.91 bits per heavy atom. The lowest BCUT2D eigenvalue weighted by atomic mass is 10.1. The fourth-order valence-corrected chi connectivity index (χ4v) is 2.90. The van der Waals surface area contributed by atoms with Gasteiger partial charge >= 0.3 is 0 Å². The number of hydrogen-bond donors (Lipinski definition) is 3. The predicted molar refractivity (Wildman–Crippen MR) is 87.6 cm³/mol. The SMILES string of the molecule is COc1cc(CCNC(=O)C(NC=O)c2cccs2)ccc1O. The Morgan fingerprint density at radius 1 is 1.43 bits per heavy atom. The van der Waals surface area contributed by atoms with Crippen LogP contribution in [-0.4, -0.2) is 31.1 Å². The number of phenols is 1. The van der Waals surface area contributed by atoms with E-state index in [0.717, 1.165) is 10.4 Å². The summed E-state index contributed by atoms with van der Waals surface area (Å²) in [6.45, 7) is 0.412. The van der Waals surface area contributed by atoms with Crippen LogP contribution in [0, 0.1) is 0 Å². The predicted octanol–water partition coefficient (Wildman–Crippen LogP) is 1.61. The number of phenolic OH excluding ortho intramolecular Hbond substituents is 1. The molecule has 0 aliphatic rings. The van der Waals surface area contributed by atoms with E-state index in [2.05, 4.69) is 10.6 Å². The number of nitrogens with one attached hydrogen (secondary N) is 2. The van der Waals surface area contributed by atoms with Gasteiger partial charge in [0.05, 0.1) is 7.11 Å². The zero-order valence-corrected chi connectivity index (χ0v) is 13.4. The average molecular weight is 334 g/mol. The molecule has 0 saturated heterocycles. The molecule has 0 radical (unpaired) electrons. The van der Waals surface area contributed by atoms with E-state index in [9.17, 15) is 14.7 Å². The maximum atomic E-state index is 12.2. The molecule has 0 aliphatic carbocycles. The van der Waals surface area contributed by atoms with Gasteiger partial charge in [-0.1, -0.05) is 12.1 Å². The van der Waals surface area contributed by atoms with Crippen molar-refractivity contribution in [3.8, 4) is 11.5 Å². The van der Waals surface area contributed by atoms with Crippen molar-refractivity contribution < 1.29 is 19.4 Å². The second kappa shape index (κ2) is 8.19. The number of rotatable bonds is 8. The molecule has 2 amide bonds. The number of carbonyl (C=O) groups is 2. The Labute approximate surface area is 138 Å². The molecule has 0 aliphatic heterocycles. The lowest BCUT2D eigenvalue weighted by Gasteiger charge is -2.14. The summed E-state index contributed by atoms with van der Waals surface area (Å²) >= 11 is 1.41. The molecule has 1 atom stereocenters. The van der Waals surface area contributed by atoms with Crippen molar-refractivity contribution in [2.45, 2.75) is 12.5 Å². The Hall–Kier alpha value is -2.54. The van der Waals surface area contributed by atoms with Crippen molar-refractivity contribution >= 4 is 23.7 Å². The van der Waals surface area contributed by atoms with E-state index >= 15 is 0 Å². The summed E-state index contributed by atoms with van der Waals surface area (Å²) in [4.78, 5) is 23.7. The van der Waals surface area contributed by atoms with Crippen LogP contribution in [0.15, 0.2) is 35.7 Å². The third-order valence-electron chi connectivity index (χ3n) is 3.28. The summed E-state index contributed by atoms with van der Waals surface area (Å²) in [5.74, 6) is 0.214. The fourth-order valence-electron chi connectivity index (χ4n) is 2.12. The highest BCUT2D eigenvalue weighted by molar-refractivity contribution is 7.10. The summed E-state index contributed by atoms with van der Waals surface area (Å²) in [6, 6.07) is 8.00. The van der Waals surface area contributed by atoms with Gasteiger partial charge in [-0.3, -0.25) is 9.59 Å². The smallest absolute Gasteiger partial charge is 0.248 e. The van der Waals surface area contributed by atoms with Crippen molar-refractivity contribution in [1.82, 2.24) is 10.6 Å².